The van der Waals surface area contributed by atoms with E-state index in [0.717, 1.165) is 45.8 Å². The molecule has 0 N–H and O–H groups in total. The summed E-state index contributed by atoms with van der Waals surface area (Å²) in [6.45, 7) is 5.31. The van der Waals surface area contributed by atoms with Crippen LogP contribution in [0.25, 0.3) is 0 Å². The topological polar surface area (TPSA) is 50.6 Å². The van der Waals surface area contributed by atoms with Gasteiger partial charge in [0.1, 0.15) is 6.54 Å². The number of likely N-dealkylation sites (tertiary alicyclic amines) is 1. The third-order valence-electron chi connectivity index (χ3n) is 5.46. The first-order chi connectivity index (χ1) is 12.8. The monoisotopic (exact) mass is 354 g/mol. The maximum atomic E-state index is 12.6. The minimum Gasteiger partial charge on any atom is -0.380 e. The molecule has 26 heavy (non-hydrogen) atoms. The first-order valence-corrected chi connectivity index (χ1v) is 9.40. The highest BCUT2D eigenvalue weighted by Gasteiger charge is 2.36. The number of hydrogen-bond donors (Lipinski definition) is 0. The van der Waals surface area contributed by atoms with E-state index in [-0.39, 0.29) is 5.91 Å². The molecule has 2 aliphatic heterocycles. The van der Waals surface area contributed by atoms with Gasteiger partial charge in [-0.05, 0) is 18.1 Å². The molecule has 0 aliphatic carbocycles. The molecule has 2 atom stereocenters. The highest BCUT2D eigenvalue weighted by Crippen LogP contribution is 2.26. The Balaban J connectivity index is 1.40. The molecule has 1 aromatic heterocycles. The van der Waals surface area contributed by atoms with Crippen molar-refractivity contribution in [2.24, 2.45) is 5.92 Å². The van der Waals surface area contributed by atoms with Gasteiger partial charge in [-0.15, -0.1) is 0 Å². The molecule has 6 heteroatoms. The lowest BCUT2D eigenvalue weighted by molar-refractivity contribution is -0.135. The Morgan fingerprint density at radius 3 is 2.88 bits per heavy atom. The Labute approximate surface area is 154 Å². The van der Waals surface area contributed by atoms with E-state index in [4.69, 9.17) is 4.74 Å². The van der Waals surface area contributed by atoms with Gasteiger partial charge in [-0.1, -0.05) is 30.3 Å². The van der Waals surface area contributed by atoms with Crippen molar-refractivity contribution in [3.05, 3.63) is 54.4 Å². The summed E-state index contributed by atoms with van der Waals surface area (Å²) in [7, 11) is 0. The van der Waals surface area contributed by atoms with Gasteiger partial charge in [-0.3, -0.25) is 14.4 Å². The number of amides is 1. The van der Waals surface area contributed by atoms with E-state index in [2.05, 4.69) is 40.3 Å². The average molecular weight is 354 g/mol. The van der Waals surface area contributed by atoms with Crippen molar-refractivity contribution >= 4 is 5.91 Å². The molecule has 0 bridgehead atoms. The lowest BCUT2D eigenvalue weighted by atomic mass is 9.91. The smallest absolute Gasteiger partial charge is 0.244 e. The van der Waals surface area contributed by atoms with Crippen molar-refractivity contribution in [3.63, 3.8) is 0 Å². The number of benzene rings is 1. The summed E-state index contributed by atoms with van der Waals surface area (Å²) < 4.78 is 7.56. The minimum atomic E-state index is 0.144. The first kappa shape index (κ1) is 17.2. The number of nitrogens with zero attached hydrogens (tertiary/aromatic N) is 4. The van der Waals surface area contributed by atoms with Crippen LogP contribution >= 0.6 is 0 Å². The van der Waals surface area contributed by atoms with Gasteiger partial charge < -0.3 is 9.64 Å². The molecule has 3 heterocycles. The van der Waals surface area contributed by atoms with E-state index in [0.29, 0.717) is 18.5 Å². The van der Waals surface area contributed by atoms with Crippen molar-refractivity contribution < 1.29 is 9.53 Å². The fourth-order valence-corrected chi connectivity index (χ4v) is 4.12. The zero-order valence-electron chi connectivity index (χ0n) is 15.0. The highest BCUT2D eigenvalue weighted by atomic mass is 16.5. The molecule has 0 unspecified atom stereocenters. The zero-order chi connectivity index (χ0) is 17.8. The van der Waals surface area contributed by atoms with Crippen LogP contribution < -0.4 is 0 Å². The Bertz CT molecular complexity index is 704. The van der Waals surface area contributed by atoms with Crippen molar-refractivity contribution in [1.82, 2.24) is 19.6 Å². The number of carbonyl (C=O) groups is 1. The average Bonchev–Trinajstić information content (AvgIpc) is 3.10. The van der Waals surface area contributed by atoms with Gasteiger partial charge in [0.15, 0.2) is 0 Å². The van der Waals surface area contributed by atoms with E-state index >= 15 is 0 Å². The largest absolute Gasteiger partial charge is 0.380 e. The molecule has 0 spiro atoms. The quantitative estimate of drug-likeness (QED) is 0.837. The first-order valence-electron chi connectivity index (χ1n) is 9.40. The van der Waals surface area contributed by atoms with Crippen LogP contribution in [0.4, 0.5) is 0 Å². The maximum absolute atomic E-state index is 12.6. The highest BCUT2D eigenvalue weighted by molar-refractivity contribution is 5.76. The van der Waals surface area contributed by atoms with Crippen molar-refractivity contribution in [1.29, 1.82) is 0 Å². The Morgan fingerprint density at radius 2 is 2.08 bits per heavy atom. The lowest BCUT2D eigenvalue weighted by Gasteiger charge is -2.42. The molecule has 2 fully saturated rings. The summed E-state index contributed by atoms with van der Waals surface area (Å²) in [6.07, 6.45) is 4.55. The number of fused-ring (bicyclic) bond motifs is 1. The minimum absolute atomic E-state index is 0.144. The molecule has 6 nitrogen and oxygen atoms in total. The van der Waals surface area contributed by atoms with E-state index in [1.165, 1.54) is 5.56 Å². The van der Waals surface area contributed by atoms with E-state index in [1.807, 2.05) is 17.2 Å². The molecular weight excluding hydrogens is 328 g/mol. The van der Waals surface area contributed by atoms with Crippen LogP contribution in [0, 0.1) is 5.92 Å². The predicted molar refractivity (Wildman–Crippen MR) is 98.4 cm³/mol. The zero-order valence-corrected chi connectivity index (χ0v) is 15.0. The lowest BCUT2D eigenvalue weighted by Crippen LogP contribution is -2.53. The Kier molecular flexibility index (Phi) is 5.32. The van der Waals surface area contributed by atoms with Crippen molar-refractivity contribution in [3.8, 4) is 0 Å². The van der Waals surface area contributed by atoms with Crippen LogP contribution in [0.5, 0.6) is 0 Å². The van der Waals surface area contributed by atoms with Gasteiger partial charge in [-0.2, -0.15) is 5.10 Å². The Morgan fingerprint density at radius 1 is 1.19 bits per heavy atom. The van der Waals surface area contributed by atoms with E-state index in [1.54, 1.807) is 10.9 Å². The molecule has 0 radical (unpaired) electrons. The molecule has 1 aromatic carbocycles. The van der Waals surface area contributed by atoms with Gasteiger partial charge in [0.25, 0.3) is 0 Å². The summed E-state index contributed by atoms with van der Waals surface area (Å²) in [5.74, 6) is 0.516. The fourth-order valence-electron chi connectivity index (χ4n) is 4.12. The van der Waals surface area contributed by atoms with Gasteiger partial charge in [0, 0.05) is 50.5 Å². The normalized spacial score (nSPS) is 24.1. The molecule has 138 valence electrons. The molecule has 1 amide bonds. The molecule has 2 aromatic rings. The molecule has 2 saturated heterocycles. The fraction of sp³-hybridized carbons (Fsp3) is 0.500. The van der Waals surface area contributed by atoms with Crippen LogP contribution in [0.3, 0.4) is 0 Å². The second-order valence-corrected chi connectivity index (χ2v) is 7.19. The second kappa shape index (κ2) is 8.01. The molecular formula is C20H26N4O2. The van der Waals surface area contributed by atoms with Crippen LogP contribution in [-0.2, 0) is 22.6 Å². The summed E-state index contributed by atoms with van der Waals surface area (Å²) in [5, 5.41) is 4.14. The van der Waals surface area contributed by atoms with Gasteiger partial charge in [-0.25, -0.2) is 0 Å². The number of rotatable bonds is 4. The standard InChI is InChI=1S/C20H26N4O2/c25-20(15-24-9-4-8-21-24)23-10-7-19-18(14-23)16-26-12-11-22(19)13-17-5-2-1-3-6-17/h1-6,8-9,18-19H,7,10-16H2/t18-,19-/m1/s1. The Hall–Kier alpha value is -2.18. The van der Waals surface area contributed by atoms with Gasteiger partial charge in [0.2, 0.25) is 5.91 Å². The maximum Gasteiger partial charge on any atom is 0.244 e. The number of piperidine rings is 1. The summed E-state index contributed by atoms with van der Waals surface area (Å²) in [4.78, 5) is 17.1. The van der Waals surface area contributed by atoms with Crippen molar-refractivity contribution in [2.75, 3.05) is 32.8 Å². The van der Waals surface area contributed by atoms with E-state index in [9.17, 15) is 4.79 Å². The molecule has 4 rings (SSSR count). The predicted octanol–water partition coefficient (Wildman–Crippen LogP) is 1.63. The van der Waals surface area contributed by atoms with Crippen molar-refractivity contribution in [2.45, 2.75) is 25.6 Å². The number of ether oxygens (including phenoxy) is 1. The third-order valence-corrected chi connectivity index (χ3v) is 5.46. The van der Waals surface area contributed by atoms with Gasteiger partial charge in [0.05, 0.1) is 13.2 Å². The number of aromatic nitrogens is 2. The number of hydrogen-bond acceptors (Lipinski definition) is 4. The SMILES string of the molecule is O=C(Cn1cccn1)N1CC[C@@H]2[C@@H](COCCN2Cc2ccccc2)C1. The van der Waals surface area contributed by atoms with Crippen LogP contribution in [0.15, 0.2) is 48.8 Å². The summed E-state index contributed by atoms with van der Waals surface area (Å²) in [6, 6.07) is 12.9. The van der Waals surface area contributed by atoms with Crippen LogP contribution in [-0.4, -0.2) is 64.4 Å². The van der Waals surface area contributed by atoms with Gasteiger partial charge >= 0.3 is 0 Å². The second-order valence-electron chi connectivity index (χ2n) is 7.19. The van der Waals surface area contributed by atoms with E-state index < -0.39 is 0 Å². The third kappa shape index (κ3) is 3.97. The summed E-state index contributed by atoms with van der Waals surface area (Å²) in [5.41, 5.74) is 1.34. The molecule has 0 saturated carbocycles. The number of carbonyl (C=O) groups excluding carboxylic acids is 1. The summed E-state index contributed by atoms with van der Waals surface area (Å²) >= 11 is 0. The van der Waals surface area contributed by atoms with Crippen LogP contribution in [0.2, 0.25) is 0 Å². The van der Waals surface area contributed by atoms with Crippen LogP contribution in [0.1, 0.15) is 12.0 Å². The molecule has 2 aliphatic rings.